The van der Waals surface area contributed by atoms with Crippen LogP contribution < -0.4 is 14.8 Å². The molecule has 1 amide bonds. The lowest BCUT2D eigenvalue weighted by Gasteiger charge is -2.38. The Morgan fingerprint density at radius 3 is 2.32 bits per heavy atom. The van der Waals surface area contributed by atoms with Gasteiger partial charge in [-0.2, -0.15) is 9.37 Å². The van der Waals surface area contributed by atoms with Gasteiger partial charge in [-0.25, -0.2) is 0 Å². The van der Waals surface area contributed by atoms with Gasteiger partial charge in [0.15, 0.2) is 5.75 Å². The Morgan fingerprint density at radius 1 is 1.24 bits per heavy atom. The minimum absolute atomic E-state index is 0.00224. The van der Waals surface area contributed by atoms with Gasteiger partial charge >= 0.3 is 0 Å². The van der Waals surface area contributed by atoms with E-state index in [1.165, 1.54) is 13.0 Å². The molecule has 2 aliphatic rings. The van der Waals surface area contributed by atoms with E-state index in [1.807, 2.05) is 14.1 Å². The number of carbonyl (C=O) groups excluding carboxylic acids is 1. The van der Waals surface area contributed by atoms with Gasteiger partial charge in [-0.3, -0.25) is 14.6 Å². The normalized spacial score (nSPS) is 23.5. The number of ether oxygens (including phenoxy) is 2. The molecule has 2 aliphatic heterocycles. The molecule has 0 radical (unpaired) electrons. The van der Waals surface area contributed by atoms with E-state index in [-0.39, 0.29) is 17.5 Å². The number of halogens is 1. The Morgan fingerprint density at radius 2 is 1.84 bits per heavy atom. The molecule has 0 bridgehead atoms. The summed E-state index contributed by atoms with van der Waals surface area (Å²) in [7, 11) is 4.06. The summed E-state index contributed by atoms with van der Waals surface area (Å²) in [5.74, 6) is -0.656. The molecule has 2 fully saturated rings. The predicted octanol–water partition coefficient (Wildman–Crippen LogP) is 1.34. The lowest BCUT2D eigenvalue weighted by molar-refractivity contribution is -0.114. The largest absolute Gasteiger partial charge is 0.486 e. The number of likely N-dealkylation sites (tertiary alicyclic amines) is 2. The quantitative estimate of drug-likeness (QED) is 0.747. The fraction of sp³-hybridized carbons (Fsp3) is 0.647. The molecule has 2 atom stereocenters. The van der Waals surface area contributed by atoms with E-state index >= 15 is 0 Å². The predicted molar refractivity (Wildman–Crippen MR) is 91.6 cm³/mol. The molecule has 1 N–H and O–H groups in total. The molecule has 3 rings (SSSR count). The molecule has 7 nitrogen and oxygen atoms in total. The summed E-state index contributed by atoms with van der Waals surface area (Å²) in [5, 5.41) is 2.43. The van der Waals surface area contributed by atoms with E-state index in [2.05, 4.69) is 20.1 Å². The Labute approximate surface area is 147 Å². The van der Waals surface area contributed by atoms with Crippen molar-refractivity contribution in [2.75, 3.05) is 45.7 Å². The van der Waals surface area contributed by atoms with E-state index in [1.54, 1.807) is 0 Å². The van der Waals surface area contributed by atoms with Gasteiger partial charge in [0.05, 0.1) is 0 Å². The third-order valence-corrected chi connectivity index (χ3v) is 4.94. The second kappa shape index (κ2) is 7.53. The first-order chi connectivity index (χ1) is 11.9. The van der Waals surface area contributed by atoms with Crippen LogP contribution in [0.25, 0.3) is 0 Å². The summed E-state index contributed by atoms with van der Waals surface area (Å²) in [6.45, 7) is 4.31. The molecule has 1 aromatic heterocycles. The molecule has 0 aromatic carbocycles. The van der Waals surface area contributed by atoms with Crippen LogP contribution in [0.15, 0.2) is 6.07 Å². The average molecular weight is 352 g/mol. The fourth-order valence-electron chi connectivity index (χ4n) is 2.86. The maximum Gasteiger partial charge on any atom is 0.259 e. The molecule has 0 spiro atoms. The molecule has 3 heterocycles. The molecular weight excluding hydrogens is 327 g/mol. The number of likely N-dealkylation sites (N-methyl/N-ethyl adjacent to an activating group) is 2. The van der Waals surface area contributed by atoms with Gasteiger partial charge in [-0.15, -0.1) is 0 Å². The number of pyridine rings is 1. The van der Waals surface area contributed by atoms with Crippen LogP contribution >= 0.6 is 0 Å². The highest BCUT2D eigenvalue weighted by molar-refractivity contribution is 5.88. The van der Waals surface area contributed by atoms with Gasteiger partial charge < -0.3 is 14.8 Å². The van der Waals surface area contributed by atoms with Crippen LogP contribution in [0.3, 0.4) is 0 Å². The molecule has 25 heavy (non-hydrogen) atoms. The standard InChI is InChI=1S/C17H25FN4O3/c1-11(23)19-14-8-15(24-9-12-4-6-21(12)2)17(20-16(14)18)25-10-13-5-7-22(13)3/h8,12-13H,4-7,9-10H2,1-3H3,(H,19,23)/t12-,13-/m0/s1. The van der Waals surface area contributed by atoms with Crippen LogP contribution in [0.5, 0.6) is 11.6 Å². The summed E-state index contributed by atoms with van der Waals surface area (Å²) in [6, 6.07) is 2.09. The van der Waals surface area contributed by atoms with E-state index < -0.39 is 5.95 Å². The molecule has 0 saturated carbocycles. The van der Waals surface area contributed by atoms with Crippen molar-refractivity contribution in [2.45, 2.75) is 31.8 Å². The van der Waals surface area contributed by atoms with Crippen molar-refractivity contribution in [1.82, 2.24) is 14.8 Å². The summed E-state index contributed by atoms with van der Waals surface area (Å²) in [4.78, 5) is 19.5. The Hall–Kier alpha value is -1.93. The molecule has 8 heteroatoms. The summed E-state index contributed by atoms with van der Waals surface area (Å²) >= 11 is 0. The zero-order valence-corrected chi connectivity index (χ0v) is 14.9. The van der Waals surface area contributed by atoms with Gasteiger partial charge in [0, 0.05) is 25.1 Å². The van der Waals surface area contributed by atoms with E-state index in [9.17, 15) is 9.18 Å². The van der Waals surface area contributed by atoms with Crippen LogP contribution in [-0.4, -0.2) is 73.2 Å². The zero-order chi connectivity index (χ0) is 18.0. The van der Waals surface area contributed by atoms with Crippen molar-refractivity contribution in [3.05, 3.63) is 12.0 Å². The monoisotopic (exact) mass is 352 g/mol. The maximum absolute atomic E-state index is 14.1. The zero-order valence-electron chi connectivity index (χ0n) is 14.9. The highest BCUT2D eigenvalue weighted by Gasteiger charge is 2.27. The lowest BCUT2D eigenvalue weighted by Crippen LogP contribution is -2.48. The molecule has 0 unspecified atom stereocenters. The van der Waals surface area contributed by atoms with Crippen molar-refractivity contribution in [1.29, 1.82) is 0 Å². The van der Waals surface area contributed by atoms with Crippen LogP contribution in [0.4, 0.5) is 10.1 Å². The van der Waals surface area contributed by atoms with Gasteiger partial charge in [0.1, 0.15) is 18.9 Å². The number of hydrogen-bond acceptors (Lipinski definition) is 6. The maximum atomic E-state index is 14.1. The Bertz CT molecular complexity index is 643. The average Bonchev–Trinajstić information content (AvgIpc) is 2.55. The van der Waals surface area contributed by atoms with Gasteiger partial charge in [-0.05, 0) is 40.0 Å². The minimum atomic E-state index is -0.778. The Kier molecular flexibility index (Phi) is 5.39. The number of amides is 1. The molecular formula is C17H25FN4O3. The van der Waals surface area contributed by atoms with Crippen molar-refractivity contribution in [2.24, 2.45) is 0 Å². The van der Waals surface area contributed by atoms with Crippen LogP contribution in [0, 0.1) is 5.95 Å². The van der Waals surface area contributed by atoms with E-state index in [0.717, 1.165) is 25.9 Å². The first-order valence-corrected chi connectivity index (χ1v) is 8.58. The van der Waals surface area contributed by atoms with Crippen LogP contribution in [0.1, 0.15) is 19.8 Å². The third kappa shape index (κ3) is 4.19. The van der Waals surface area contributed by atoms with Crippen LogP contribution in [-0.2, 0) is 4.79 Å². The van der Waals surface area contributed by atoms with Crippen molar-refractivity contribution < 1.29 is 18.7 Å². The molecule has 1 aromatic rings. The van der Waals surface area contributed by atoms with Crippen molar-refractivity contribution in [3.8, 4) is 11.6 Å². The first-order valence-electron chi connectivity index (χ1n) is 8.58. The molecule has 138 valence electrons. The first kappa shape index (κ1) is 17.9. The van der Waals surface area contributed by atoms with Crippen molar-refractivity contribution >= 4 is 11.6 Å². The smallest absolute Gasteiger partial charge is 0.259 e. The summed E-state index contributed by atoms with van der Waals surface area (Å²) in [6.07, 6.45) is 2.11. The highest BCUT2D eigenvalue weighted by Crippen LogP contribution is 2.31. The molecule has 2 saturated heterocycles. The Balaban J connectivity index is 1.72. The number of carbonyl (C=O) groups is 1. The SMILES string of the molecule is CC(=O)Nc1cc(OC[C@@H]2CCN2C)c(OC[C@@H]2CCN2C)nc1F. The second-order valence-corrected chi connectivity index (χ2v) is 6.78. The van der Waals surface area contributed by atoms with Gasteiger partial charge in [0.2, 0.25) is 11.9 Å². The highest BCUT2D eigenvalue weighted by atomic mass is 19.1. The molecule has 0 aliphatic carbocycles. The van der Waals surface area contributed by atoms with E-state index in [0.29, 0.717) is 31.0 Å². The third-order valence-electron chi connectivity index (χ3n) is 4.94. The van der Waals surface area contributed by atoms with Gasteiger partial charge in [-0.1, -0.05) is 0 Å². The van der Waals surface area contributed by atoms with Gasteiger partial charge in [0.25, 0.3) is 5.88 Å². The number of rotatable bonds is 7. The number of aromatic nitrogens is 1. The summed E-state index contributed by atoms with van der Waals surface area (Å²) < 4.78 is 25.7. The number of nitrogens with one attached hydrogen (secondary N) is 1. The lowest BCUT2D eigenvalue weighted by atomic mass is 10.1. The summed E-state index contributed by atoms with van der Waals surface area (Å²) in [5.41, 5.74) is -0.00224. The van der Waals surface area contributed by atoms with E-state index in [4.69, 9.17) is 9.47 Å². The topological polar surface area (TPSA) is 66.9 Å². The van der Waals surface area contributed by atoms with Crippen molar-refractivity contribution in [3.63, 3.8) is 0 Å². The fourth-order valence-corrected chi connectivity index (χ4v) is 2.86. The van der Waals surface area contributed by atoms with Crippen LogP contribution in [0.2, 0.25) is 0 Å². The number of hydrogen-bond donors (Lipinski definition) is 1. The number of anilines is 1. The number of nitrogens with zero attached hydrogens (tertiary/aromatic N) is 3. The minimum Gasteiger partial charge on any atom is -0.486 e. The second-order valence-electron chi connectivity index (χ2n) is 6.78.